The molecule has 0 unspecified atom stereocenters. The van der Waals surface area contributed by atoms with Crippen molar-refractivity contribution in [3.05, 3.63) is 28.2 Å². The van der Waals surface area contributed by atoms with E-state index in [-0.39, 0.29) is 5.97 Å². The molecule has 0 saturated carbocycles. The summed E-state index contributed by atoms with van der Waals surface area (Å²) in [5.41, 5.74) is -0.564. The highest BCUT2D eigenvalue weighted by molar-refractivity contribution is 6.34. The van der Waals surface area contributed by atoms with Gasteiger partial charge in [0.05, 0.1) is 10.4 Å². The van der Waals surface area contributed by atoms with Crippen molar-refractivity contribution in [1.29, 1.82) is 0 Å². The molecule has 0 saturated heterocycles. The first-order chi connectivity index (χ1) is 6.80. The first-order valence-corrected chi connectivity index (χ1v) is 5.23. The Morgan fingerprint density at radius 1 is 1.27 bits per heavy atom. The molecule has 0 heterocycles. The van der Waals surface area contributed by atoms with Crippen LogP contribution in [0.3, 0.4) is 0 Å². The van der Waals surface area contributed by atoms with Gasteiger partial charge in [-0.05, 0) is 32.9 Å². The van der Waals surface area contributed by atoms with Crippen LogP contribution in [0.1, 0.15) is 20.8 Å². The third-order valence-corrected chi connectivity index (χ3v) is 2.26. The summed E-state index contributed by atoms with van der Waals surface area (Å²) in [6, 6.07) is 4.75. The topological polar surface area (TPSA) is 26.3 Å². The SMILES string of the molecule is CC(C)(C)C(=O)Oc1cc(Cl)ccc1Cl. The Hall–Kier alpha value is -0.730. The van der Waals surface area contributed by atoms with Crippen LogP contribution < -0.4 is 4.74 Å². The molecule has 15 heavy (non-hydrogen) atoms. The van der Waals surface area contributed by atoms with Gasteiger partial charge in [0, 0.05) is 11.1 Å². The maximum Gasteiger partial charge on any atom is 0.316 e. The summed E-state index contributed by atoms with van der Waals surface area (Å²) in [7, 11) is 0. The van der Waals surface area contributed by atoms with Gasteiger partial charge in [0.25, 0.3) is 0 Å². The quantitative estimate of drug-likeness (QED) is 0.554. The lowest BCUT2D eigenvalue weighted by Gasteiger charge is -2.16. The smallest absolute Gasteiger partial charge is 0.316 e. The monoisotopic (exact) mass is 246 g/mol. The molecule has 0 aliphatic carbocycles. The Labute approximate surface area is 99.1 Å². The van der Waals surface area contributed by atoms with E-state index < -0.39 is 5.41 Å². The van der Waals surface area contributed by atoms with E-state index >= 15 is 0 Å². The number of hydrogen-bond donors (Lipinski definition) is 0. The molecule has 1 aromatic rings. The zero-order valence-electron chi connectivity index (χ0n) is 8.80. The highest BCUT2D eigenvalue weighted by Crippen LogP contribution is 2.29. The second kappa shape index (κ2) is 4.42. The van der Waals surface area contributed by atoms with Crippen molar-refractivity contribution in [2.24, 2.45) is 5.41 Å². The van der Waals surface area contributed by atoms with E-state index in [0.29, 0.717) is 15.8 Å². The molecule has 0 bridgehead atoms. The van der Waals surface area contributed by atoms with Gasteiger partial charge in [0.2, 0.25) is 0 Å². The number of halogens is 2. The molecule has 0 amide bonds. The summed E-state index contributed by atoms with van der Waals surface area (Å²) < 4.78 is 5.14. The fourth-order valence-corrected chi connectivity index (χ4v) is 1.13. The molecule has 0 atom stereocenters. The van der Waals surface area contributed by atoms with Gasteiger partial charge in [-0.15, -0.1) is 0 Å². The molecule has 4 heteroatoms. The van der Waals surface area contributed by atoms with Gasteiger partial charge in [0.15, 0.2) is 5.75 Å². The van der Waals surface area contributed by atoms with Crippen LogP contribution in [0.2, 0.25) is 10.0 Å². The standard InChI is InChI=1S/C11H12Cl2O2/c1-11(2,3)10(14)15-9-6-7(12)4-5-8(9)13/h4-6H,1-3H3. The van der Waals surface area contributed by atoms with E-state index in [2.05, 4.69) is 0 Å². The van der Waals surface area contributed by atoms with E-state index in [1.54, 1.807) is 32.9 Å². The lowest BCUT2D eigenvalue weighted by Crippen LogP contribution is -2.25. The summed E-state index contributed by atoms with van der Waals surface area (Å²) in [6.07, 6.45) is 0. The van der Waals surface area contributed by atoms with Crippen molar-refractivity contribution in [2.45, 2.75) is 20.8 Å². The fourth-order valence-electron chi connectivity index (χ4n) is 0.808. The van der Waals surface area contributed by atoms with Gasteiger partial charge in [-0.2, -0.15) is 0 Å². The predicted molar refractivity (Wildman–Crippen MR) is 61.6 cm³/mol. The van der Waals surface area contributed by atoms with Crippen molar-refractivity contribution in [1.82, 2.24) is 0 Å². The molecular formula is C11H12Cl2O2. The van der Waals surface area contributed by atoms with Gasteiger partial charge in [-0.25, -0.2) is 0 Å². The summed E-state index contributed by atoms with van der Waals surface area (Å²) >= 11 is 11.6. The zero-order valence-corrected chi connectivity index (χ0v) is 10.3. The molecule has 0 aliphatic heterocycles. The largest absolute Gasteiger partial charge is 0.424 e. The minimum Gasteiger partial charge on any atom is -0.424 e. The number of carbonyl (C=O) groups excluding carboxylic acids is 1. The van der Waals surface area contributed by atoms with E-state index in [1.165, 1.54) is 6.07 Å². The Balaban J connectivity index is 2.90. The Morgan fingerprint density at radius 2 is 1.87 bits per heavy atom. The normalized spacial score (nSPS) is 11.3. The van der Waals surface area contributed by atoms with Crippen LogP contribution in [-0.4, -0.2) is 5.97 Å². The van der Waals surface area contributed by atoms with Crippen molar-refractivity contribution in [3.8, 4) is 5.75 Å². The van der Waals surface area contributed by atoms with Crippen LogP contribution >= 0.6 is 23.2 Å². The first kappa shape index (κ1) is 12.3. The second-order valence-corrected chi connectivity index (χ2v) is 5.06. The average molecular weight is 247 g/mol. The van der Waals surface area contributed by atoms with Crippen molar-refractivity contribution < 1.29 is 9.53 Å². The van der Waals surface area contributed by atoms with E-state index in [1.807, 2.05) is 0 Å². The predicted octanol–water partition coefficient (Wildman–Crippen LogP) is 3.94. The maximum absolute atomic E-state index is 11.6. The minimum absolute atomic E-state index is 0.295. The highest BCUT2D eigenvalue weighted by atomic mass is 35.5. The lowest BCUT2D eigenvalue weighted by atomic mass is 9.97. The summed E-state index contributed by atoms with van der Waals surface area (Å²) in [6.45, 7) is 5.31. The Kier molecular flexibility index (Phi) is 3.63. The average Bonchev–Trinajstić information content (AvgIpc) is 2.09. The van der Waals surface area contributed by atoms with Crippen LogP contribution in [0, 0.1) is 5.41 Å². The summed E-state index contributed by atoms with van der Waals surface area (Å²) in [5.74, 6) is -0.0456. The Bertz CT molecular complexity index is 381. The van der Waals surface area contributed by atoms with E-state index in [4.69, 9.17) is 27.9 Å². The van der Waals surface area contributed by atoms with Crippen LogP contribution in [0.4, 0.5) is 0 Å². The molecule has 1 aromatic carbocycles. The fraction of sp³-hybridized carbons (Fsp3) is 0.364. The number of esters is 1. The molecule has 0 aliphatic rings. The van der Waals surface area contributed by atoms with Crippen LogP contribution in [0.5, 0.6) is 5.75 Å². The van der Waals surface area contributed by atoms with Crippen LogP contribution in [-0.2, 0) is 4.79 Å². The molecule has 2 nitrogen and oxygen atoms in total. The number of ether oxygens (including phenoxy) is 1. The Morgan fingerprint density at radius 3 is 2.40 bits per heavy atom. The molecule has 0 N–H and O–H groups in total. The number of rotatable bonds is 1. The van der Waals surface area contributed by atoms with Gasteiger partial charge < -0.3 is 4.74 Å². The molecular weight excluding hydrogens is 235 g/mol. The molecule has 1 rings (SSSR count). The van der Waals surface area contributed by atoms with Crippen molar-refractivity contribution in [2.75, 3.05) is 0 Å². The van der Waals surface area contributed by atoms with Crippen LogP contribution in [0.25, 0.3) is 0 Å². The van der Waals surface area contributed by atoms with Gasteiger partial charge in [0.1, 0.15) is 0 Å². The first-order valence-electron chi connectivity index (χ1n) is 4.48. The minimum atomic E-state index is -0.564. The highest BCUT2D eigenvalue weighted by Gasteiger charge is 2.24. The van der Waals surface area contributed by atoms with Gasteiger partial charge in [-0.1, -0.05) is 23.2 Å². The molecule has 82 valence electrons. The van der Waals surface area contributed by atoms with E-state index in [0.717, 1.165) is 0 Å². The van der Waals surface area contributed by atoms with Gasteiger partial charge >= 0.3 is 5.97 Å². The van der Waals surface area contributed by atoms with E-state index in [9.17, 15) is 4.79 Å². The molecule has 0 radical (unpaired) electrons. The molecule has 0 spiro atoms. The summed E-state index contributed by atoms with van der Waals surface area (Å²) in [5, 5.41) is 0.855. The molecule has 0 aromatic heterocycles. The van der Waals surface area contributed by atoms with Crippen LogP contribution in [0.15, 0.2) is 18.2 Å². The lowest BCUT2D eigenvalue weighted by molar-refractivity contribution is -0.142. The third-order valence-electron chi connectivity index (χ3n) is 1.71. The number of benzene rings is 1. The zero-order chi connectivity index (χ0) is 11.6. The molecule has 0 fully saturated rings. The van der Waals surface area contributed by atoms with Gasteiger partial charge in [-0.3, -0.25) is 4.79 Å². The second-order valence-electron chi connectivity index (χ2n) is 4.21. The van der Waals surface area contributed by atoms with Crippen molar-refractivity contribution in [3.63, 3.8) is 0 Å². The third kappa shape index (κ3) is 3.40. The summed E-state index contributed by atoms with van der Waals surface area (Å²) in [4.78, 5) is 11.6. The van der Waals surface area contributed by atoms with Crippen molar-refractivity contribution >= 4 is 29.2 Å². The number of carbonyl (C=O) groups is 1. The number of hydrogen-bond acceptors (Lipinski definition) is 2. The maximum atomic E-state index is 11.6.